The van der Waals surface area contributed by atoms with Crippen LogP contribution >= 0.6 is 0 Å². The molecule has 0 atom stereocenters. The molecule has 0 saturated heterocycles. The first-order valence-corrected chi connectivity index (χ1v) is 6.82. The van der Waals surface area contributed by atoms with Crippen LogP contribution in [-0.2, 0) is 9.59 Å². The maximum Gasteiger partial charge on any atom is 0.323 e. The number of rotatable bonds is 9. The highest BCUT2D eigenvalue weighted by molar-refractivity contribution is 5.84. The van der Waals surface area contributed by atoms with Gasteiger partial charge in [-0.05, 0) is 12.8 Å². The summed E-state index contributed by atoms with van der Waals surface area (Å²) in [7, 11) is 0. The van der Waals surface area contributed by atoms with E-state index in [1.807, 2.05) is 13.8 Å². The average Bonchev–Trinajstić information content (AvgIpc) is 2.37. The van der Waals surface area contributed by atoms with Gasteiger partial charge in [-0.25, -0.2) is 4.79 Å². The summed E-state index contributed by atoms with van der Waals surface area (Å²) in [6.07, 6.45) is 1.83. The topological polar surface area (TPSA) is 98.2 Å². The van der Waals surface area contributed by atoms with Crippen molar-refractivity contribution in [2.75, 3.05) is 26.2 Å². The number of hydrogen-bond acceptors (Lipinski definition) is 3. The normalized spacial score (nSPS) is 10.4. The van der Waals surface area contributed by atoms with E-state index in [1.54, 1.807) is 6.92 Å². The summed E-state index contributed by atoms with van der Waals surface area (Å²) in [6, 6.07) is -0.538. The van der Waals surface area contributed by atoms with Gasteiger partial charge in [-0.2, -0.15) is 0 Å². The molecule has 0 aromatic carbocycles. The lowest BCUT2D eigenvalue weighted by Crippen LogP contribution is -2.48. The second-order valence-electron chi connectivity index (χ2n) is 4.65. The van der Waals surface area contributed by atoms with Crippen LogP contribution in [0.2, 0.25) is 0 Å². The van der Waals surface area contributed by atoms with E-state index in [1.165, 1.54) is 4.90 Å². The molecule has 0 aliphatic heterocycles. The Kier molecular flexibility index (Phi) is 8.35. The molecule has 116 valence electrons. The second-order valence-corrected chi connectivity index (χ2v) is 4.65. The Morgan fingerprint density at radius 3 is 1.65 bits per heavy atom. The Morgan fingerprint density at radius 2 is 1.35 bits per heavy atom. The predicted molar refractivity (Wildman–Crippen MR) is 73.6 cm³/mol. The highest BCUT2D eigenvalue weighted by Crippen LogP contribution is 2.11. The third-order valence-electron chi connectivity index (χ3n) is 3.21. The Labute approximate surface area is 119 Å². The zero-order valence-corrected chi connectivity index (χ0v) is 12.3. The van der Waals surface area contributed by atoms with Gasteiger partial charge in [0.1, 0.15) is 13.1 Å². The average molecular weight is 288 g/mol. The molecule has 0 fully saturated rings. The molecule has 0 bridgehead atoms. The predicted octanol–water partition coefficient (Wildman–Crippen LogP) is 1.34. The Bertz CT molecular complexity index is 326. The number of amides is 2. The number of carbonyl (C=O) groups is 3. The highest BCUT2D eigenvalue weighted by atomic mass is 16.4. The Balaban J connectivity index is 4.88. The quantitative estimate of drug-likeness (QED) is 0.667. The number of carbonyl (C=O) groups excluding carboxylic acids is 1. The highest BCUT2D eigenvalue weighted by Gasteiger charge is 2.25. The number of nitrogens with zero attached hydrogens (tertiary/aromatic N) is 2. The lowest BCUT2D eigenvalue weighted by Gasteiger charge is -2.30. The first-order chi connectivity index (χ1) is 9.35. The molecule has 0 rings (SSSR count). The molecular weight excluding hydrogens is 264 g/mol. The van der Waals surface area contributed by atoms with Gasteiger partial charge in [-0.1, -0.05) is 26.7 Å². The van der Waals surface area contributed by atoms with Gasteiger partial charge in [0.05, 0.1) is 0 Å². The molecule has 0 saturated carbocycles. The first-order valence-electron chi connectivity index (χ1n) is 6.82. The SMILES string of the molecule is CCC(CC)CN(CC)C(=O)N(CC(=O)O)CC(=O)O. The van der Waals surface area contributed by atoms with E-state index in [0.717, 1.165) is 17.7 Å². The van der Waals surface area contributed by atoms with Gasteiger partial charge in [0.2, 0.25) is 0 Å². The van der Waals surface area contributed by atoms with Crippen molar-refractivity contribution < 1.29 is 24.6 Å². The summed E-state index contributed by atoms with van der Waals surface area (Å²) in [5, 5.41) is 17.5. The fourth-order valence-corrected chi connectivity index (χ4v) is 1.92. The van der Waals surface area contributed by atoms with Crippen LogP contribution in [0.3, 0.4) is 0 Å². The molecule has 0 aliphatic carbocycles. The summed E-state index contributed by atoms with van der Waals surface area (Å²) in [6.45, 7) is 5.57. The van der Waals surface area contributed by atoms with Crippen LogP contribution in [0, 0.1) is 5.92 Å². The summed E-state index contributed by atoms with van der Waals surface area (Å²) < 4.78 is 0. The van der Waals surface area contributed by atoms with Crippen molar-refractivity contribution >= 4 is 18.0 Å². The van der Waals surface area contributed by atoms with Crippen molar-refractivity contribution in [3.8, 4) is 0 Å². The van der Waals surface area contributed by atoms with E-state index < -0.39 is 31.1 Å². The summed E-state index contributed by atoms with van der Waals surface area (Å²) >= 11 is 0. The molecule has 7 heteroatoms. The smallest absolute Gasteiger partial charge is 0.323 e. The van der Waals surface area contributed by atoms with Gasteiger partial charge in [-0.3, -0.25) is 9.59 Å². The zero-order chi connectivity index (χ0) is 15.7. The first kappa shape index (κ1) is 18.2. The van der Waals surface area contributed by atoms with Crippen molar-refractivity contribution in [1.82, 2.24) is 9.80 Å². The van der Waals surface area contributed by atoms with Crippen molar-refractivity contribution in [2.24, 2.45) is 5.92 Å². The fourth-order valence-electron chi connectivity index (χ4n) is 1.92. The summed E-state index contributed by atoms with van der Waals surface area (Å²) in [4.78, 5) is 36.1. The lowest BCUT2D eigenvalue weighted by atomic mass is 10.0. The third-order valence-corrected chi connectivity index (χ3v) is 3.21. The molecular formula is C13H24N2O5. The largest absolute Gasteiger partial charge is 0.480 e. The van der Waals surface area contributed by atoms with E-state index in [0.29, 0.717) is 19.0 Å². The second kappa shape index (κ2) is 9.17. The lowest BCUT2D eigenvalue weighted by molar-refractivity contribution is -0.140. The molecule has 20 heavy (non-hydrogen) atoms. The Morgan fingerprint density at radius 1 is 0.900 bits per heavy atom. The van der Waals surface area contributed by atoms with Gasteiger partial charge in [-0.15, -0.1) is 0 Å². The van der Waals surface area contributed by atoms with E-state index in [4.69, 9.17) is 10.2 Å². The van der Waals surface area contributed by atoms with Crippen LogP contribution in [0.4, 0.5) is 4.79 Å². The molecule has 0 aliphatic rings. The number of aliphatic carboxylic acids is 2. The molecule has 0 heterocycles. The van der Waals surface area contributed by atoms with Gasteiger partial charge in [0, 0.05) is 13.1 Å². The van der Waals surface area contributed by atoms with Crippen LogP contribution in [0.1, 0.15) is 33.6 Å². The molecule has 7 nitrogen and oxygen atoms in total. The van der Waals surface area contributed by atoms with Crippen LogP contribution in [-0.4, -0.2) is 64.2 Å². The van der Waals surface area contributed by atoms with Gasteiger partial charge < -0.3 is 20.0 Å². The van der Waals surface area contributed by atoms with E-state index in [-0.39, 0.29) is 0 Å². The molecule has 2 amide bonds. The van der Waals surface area contributed by atoms with Crippen molar-refractivity contribution in [2.45, 2.75) is 33.6 Å². The maximum absolute atomic E-state index is 12.2. The van der Waals surface area contributed by atoms with Crippen LogP contribution in [0.15, 0.2) is 0 Å². The van der Waals surface area contributed by atoms with E-state index >= 15 is 0 Å². The van der Waals surface area contributed by atoms with Gasteiger partial charge in [0.25, 0.3) is 0 Å². The van der Waals surface area contributed by atoms with Crippen LogP contribution in [0.25, 0.3) is 0 Å². The summed E-state index contributed by atoms with van der Waals surface area (Å²) in [5.41, 5.74) is 0. The minimum absolute atomic E-state index is 0.329. The Hall–Kier alpha value is -1.79. The summed E-state index contributed by atoms with van der Waals surface area (Å²) in [5.74, 6) is -2.12. The van der Waals surface area contributed by atoms with E-state index in [2.05, 4.69) is 0 Å². The molecule has 0 aromatic rings. The monoisotopic (exact) mass is 288 g/mol. The fraction of sp³-hybridized carbons (Fsp3) is 0.769. The van der Waals surface area contributed by atoms with Crippen LogP contribution < -0.4 is 0 Å². The number of hydrogen-bond donors (Lipinski definition) is 2. The minimum atomic E-state index is -1.22. The van der Waals surface area contributed by atoms with E-state index in [9.17, 15) is 14.4 Å². The molecule has 0 spiro atoms. The number of urea groups is 1. The van der Waals surface area contributed by atoms with Crippen molar-refractivity contribution in [3.63, 3.8) is 0 Å². The molecule has 2 N–H and O–H groups in total. The van der Waals surface area contributed by atoms with Crippen molar-refractivity contribution in [1.29, 1.82) is 0 Å². The number of carboxylic acid groups (broad SMARTS) is 2. The molecule has 0 unspecified atom stereocenters. The van der Waals surface area contributed by atoms with Crippen molar-refractivity contribution in [3.05, 3.63) is 0 Å². The minimum Gasteiger partial charge on any atom is -0.480 e. The van der Waals surface area contributed by atoms with Gasteiger partial charge in [0.15, 0.2) is 0 Å². The zero-order valence-electron chi connectivity index (χ0n) is 12.3. The molecule has 0 aromatic heterocycles. The van der Waals surface area contributed by atoms with Gasteiger partial charge >= 0.3 is 18.0 Å². The maximum atomic E-state index is 12.2. The number of carboxylic acids is 2. The van der Waals surface area contributed by atoms with Crippen LogP contribution in [0.5, 0.6) is 0 Å². The third kappa shape index (κ3) is 6.40. The standard InChI is InChI=1S/C13H24N2O5/c1-4-10(5-2)7-14(6-3)13(20)15(8-11(16)17)9-12(18)19/h10H,4-9H2,1-3H3,(H,16,17)(H,18,19). The molecule has 0 radical (unpaired) electrons.